The van der Waals surface area contributed by atoms with E-state index in [0.29, 0.717) is 6.54 Å². The number of thiophene rings is 1. The van der Waals surface area contributed by atoms with Crippen molar-refractivity contribution in [1.82, 2.24) is 4.31 Å². The van der Waals surface area contributed by atoms with Crippen molar-refractivity contribution in [2.75, 3.05) is 30.4 Å². The van der Waals surface area contributed by atoms with Crippen molar-refractivity contribution in [1.29, 1.82) is 0 Å². The first-order valence-corrected chi connectivity index (χ1v) is 9.34. The van der Waals surface area contributed by atoms with Gasteiger partial charge < -0.3 is 5.32 Å². The van der Waals surface area contributed by atoms with Gasteiger partial charge in [-0.2, -0.15) is 16.1 Å². The predicted octanol–water partition coefficient (Wildman–Crippen LogP) is 1.82. The van der Waals surface area contributed by atoms with Crippen LogP contribution in [0.25, 0.3) is 0 Å². The number of nitro groups is 1. The van der Waals surface area contributed by atoms with Gasteiger partial charge in [-0.1, -0.05) is 11.3 Å². The molecule has 0 radical (unpaired) electrons. The van der Waals surface area contributed by atoms with E-state index in [0.717, 1.165) is 28.9 Å². The third-order valence-electron chi connectivity index (χ3n) is 2.98. The summed E-state index contributed by atoms with van der Waals surface area (Å²) >= 11 is 2.61. The molecular weight excluding hydrogens is 322 g/mol. The van der Waals surface area contributed by atoms with E-state index < -0.39 is 14.9 Å². The fraction of sp³-hybridized carbons (Fsp3) is 0.600. The van der Waals surface area contributed by atoms with Gasteiger partial charge in [0.15, 0.2) is 5.00 Å². The average molecular weight is 337 g/mol. The Kier molecular flexibility index (Phi) is 4.57. The fourth-order valence-electron chi connectivity index (χ4n) is 1.99. The first kappa shape index (κ1) is 15.5. The second-order valence-corrected chi connectivity index (χ2v) is 8.65. The lowest BCUT2D eigenvalue weighted by atomic mass is 10.4. The van der Waals surface area contributed by atoms with Gasteiger partial charge in [0.05, 0.1) is 4.92 Å². The Morgan fingerprint density at radius 3 is 2.75 bits per heavy atom. The van der Waals surface area contributed by atoms with Gasteiger partial charge in [-0.05, 0) is 6.92 Å². The maximum absolute atomic E-state index is 12.6. The molecule has 1 aliphatic rings. The highest BCUT2D eigenvalue weighted by atomic mass is 32.2. The molecule has 1 aliphatic heterocycles. The molecule has 1 fully saturated rings. The van der Waals surface area contributed by atoms with E-state index in [9.17, 15) is 18.5 Å². The van der Waals surface area contributed by atoms with Gasteiger partial charge in [-0.15, -0.1) is 0 Å². The summed E-state index contributed by atoms with van der Waals surface area (Å²) in [4.78, 5) is 10.3. The molecule has 1 saturated heterocycles. The van der Waals surface area contributed by atoms with Crippen LogP contribution in [0.4, 0.5) is 10.7 Å². The molecule has 1 aromatic heterocycles. The van der Waals surface area contributed by atoms with E-state index in [2.05, 4.69) is 5.32 Å². The van der Waals surface area contributed by atoms with Gasteiger partial charge in [0.25, 0.3) is 10.0 Å². The lowest BCUT2D eigenvalue weighted by Gasteiger charge is -2.31. The zero-order chi connectivity index (χ0) is 14.9. The minimum absolute atomic E-state index is 0.0206. The Labute approximate surface area is 125 Å². The second-order valence-electron chi connectivity index (χ2n) is 4.33. The van der Waals surface area contributed by atoms with Crippen molar-refractivity contribution in [3.63, 3.8) is 0 Å². The predicted molar refractivity (Wildman–Crippen MR) is 81.2 cm³/mol. The minimum atomic E-state index is -3.66. The van der Waals surface area contributed by atoms with Crippen LogP contribution >= 0.6 is 23.1 Å². The highest BCUT2D eigenvalue weighted by molar-refractivity contribution is 7.99. The van der Waals surface area contributed by atoms with E-state index in [1.807, 2.05) is 6.92 Å². The standard InChI is InChI=1S/C10H15N3O4S3/c1-7-6-18-4-3-12(7)20(16,17)9-5-8(13(14)15)10(11-2)19-9/h5,7,11H,3-4,6H2,1-2H3. The first-order chi connectivity index (χ1) is 9.37. The number of sulfonamides is 1. The molecular formula is C10H15N3O4S3. The fourth-order valence-corrected chi connectivity index (χ4v) is 6.25. The molecule has 0 aromatic carbocycles. The lowest BCUT2D eigenvalue weighted by Crippen LogP contribution is -2.44. The largest absolute Gasteiger partial charge is 0.374 e. The van der Waals surface area contributed by atoms with Crippen molar-refractivity contribution in [3.05, 3.63) is 16.2 Å². The Hall–Kier alpha value is -0.840. The monoisotopic (exact) mass is 337 g/mol. The maximum Gasteiger partial charge on any atom is 0.304 e. The van der Waals surface area contributed by atoms with Crippen LogP contribution < -0.4 is 5.32 Å². The summed E-state index contributed by atoms with van der Waals surface area (Å²) in [5.74, 6) is 1.49. The van der Waals surface area contributed by atoms with E-state index in [1.165, 1.54) is 11.4 Å². The molecule has 0 spiro atoms. The summed E-state index contributed by atoms with van der Waals surface area (Å²) in [6.45, 7) is 2.29. The van der Waals surface area contributed by atoms with E-state index in [-0.39, 0.29) is 20.9 Å². The Balaban J connectivity index is 2.41. The Morgan fingerprint density at radius 1 is 1.55 bits per heavy atom. The average Bonchev–Trinajstić information content (AvgIpc) is 2.84. The number of rotatable bonds is 4. The van der Waals surface area contributed by atoms with Crippen molar-refractivity contribution >= 4 is 43.8 Å². The quantitative estimate of drug-likeness (QED) is 0.665. The molecule has 1 aromatic rings. The number of anilines is 1. The highest BCUT2D eigenvalue weighted by Gasteiger charge is 2.34. The van der Waals surface area contributed by atoms with Crippen LogP contribution in [0.2, 0.25) is 0 Å². The molecule has 0 aliphatic carbocycles. The zero-order valence-electron chi connectivity index (χ0n) is 11.0. The van der Waals surface area contributed by atoms with Gasteiger partial charge >= 0.3 is 5.69 Å². The molecule has 7 nitrogen and oxygen atoms in total. The summed E-state index contributed by atoms with van der Waals surface area (Å²) in [5, 5.41) is 13.9. The van der Waals surface area contributed by atoms with Crippen LogP contribution in [-0.2, 0) is 10.0 Å². The van der Waals surface area contributed by atoms with E-state index in [1.54, 1.807) is 11.8 Å². The van der Waals surface area contributed by atoms with Crippen molar-refractivity contribution in [2.24, 2.45) is 0 Å². The SMILES string of the molecule is CNc1sc(S(=O)(=O)N2CCSCC2C)cc1[N+](=O)[O-]. The number of hydrogen-bond donors (Lipinski definition) is 1. The van der Waals surface area contributed by atoms with Crippen LogP contribution in [-0.4, -0.2) is 48.8 Å². The van der Waals surface area contributed by atoms with Crippen LogP contribution in [0.3, 0.4) is 0 Å². The molecule has 0 amide bonds. The Morgan fingerprint density at radius 2 is 2.25 bits per heavy atom. The molecule has 1 unspecified atom stereocenters. The summed E-state index contributed by atoms with van der Waals surface area (Å²) in [5.41, 5.74) is -0.199. The third kappa shape index (κ3) is 2.78. The summed E-state index contributed by atoms with van der Waals surface area (Å²) in [6.07, 6.45) is 0. The lowest BCUT2D eigenvalue weighted by molar-refractivity contribution is -0.383. The third-order valence-corrected chi connectivity index (χ3v) is 7.78. The summed E-state index contributed by atoms with van der Waals surface area (Å²) < 4.78 is 26.6. The van der Waals surface area contributed by atoms with Crippen LogP contribution in [0, 0.1) is 10.1 Å². The molecule has 0 bridgehead atoms. The minimum Gasteiger partial charge on any atom is -0.374 e. The van der Waals surface area contributed by atoms with Crippen molar-refractivity contribution in [3.8, 4) is 0 Å². The number of thioether (sulfide) groups is 1. The van der Waals surface area contributed by atoms with Gasteiger partial charge in [0, 0.05) is 37.2 Å². The molecule has 1 N–H and O–H groups in total. The van der Waals surface area contributed by atoms with Gasteiger partial charge in [-0.25, -0.2) is 8.42 Å². The number of hydrogen-bond acceptors (Lipinski definition) is 7. The number of nitrogens with zero attached hydrogens (tertiary/aromatic N) is 2. The van der Waals surface area contributed by atoms with Gasteiger partial charge in [0.2, 0.25) is 0 Å². The smallest absolute Gasteiger partial charge is 0.304 e. The van der Waals surface area contributed by atoms with E-state index >= 15 is 0 Å². The number of nitrogens with one attached hydrogen (secondary N) is 1. The molecule has 1 atom stereocenters. The van der Waals surface area contributed by atoms with Gasteiger partial charge in [-0.3, -0.25) is 10.1 Å². The molecule has 10 heteroatoms. The first-order valence-electron chi connectivity index (χ1n) is 5.93. The summed E-state index contributed by atoms with van der Waals surface area (Å²) in [6, 6.07) is 1.04. The molecule has 2 rings (SSSR count). The molecule has 112 valence electrons. The normalized spacial score (nSPS) is 20.8. The topological polar surface area (TPSA) is 92.6 Å². The molecule has 2 heterocycles. The highest BCUT2D eigenvalue weighted by Crippen LogP contribution is 2.38. The van der Waals surface area contributed by atoms with Crippen LogP contribution in [0.5, 0.6) is 0 Å². The van der Waals surface area contributed by atoms with Crippen molar-refractivity contribution < 1.29 is 13.3 Å². The Bertz CT molecular complexity index is 613. The zero-order valence-corrected chi connectivity index (χ0v) is 13.5. The van der Waals surface area contributed by atoms with E-state index in [4.69, 9.17) is 0 Å². The molecule has 20 heavy (non-hydrogen) atoms. The molecule has 0 saturated carbocycles. The van der Waals surface area contributed by atoms with Crippen molar-refractivity contribution in [2.45, 2.75) is 17.2 Å². The second kappa shape index (κ2) is 5.88. The van der Waals surface area contributed by atoms with Gasteiger partial charge in [0.1, 0.15) is 4.21 Å². The summed E-state index contributed by atoms with van der Waals surface area (Å²) in [7, 11) is -2.13. The van der Waals surface area contributed by atoms with Crippen LogP contribution in [0.1, 0.15) is 6.92 Å². The maximum atomic E-state index is 12.6. The van der Waals surface area contributed by atoms with Crippen LogP contribution in [0.15, 0.2) is 10.3 Å².